The normalized spacial score (nSPS) is 12.1. The summed E-state index contributed by atoms with van der Waals surface area (Å²) in [4.78, 5) is 11.3. The fraction of sp³-hybridized carbons (Fsp3) is 0.444. The lowest BCUT2D eigenvalue weighted by Gasteiger charge is -2.12. The Morgan fingerprint density at radius 2 is 2.50 bits per heavy atom. The maximum atomic E-state index is 11.3. The van der Waals surface area contributed by atoms with Crippen molar-refractivity contribution < 1.29 is 9.90 Å². The SMILES string of the molecule is C[C@H](CCO)NC(=O)Nc1ccsc1. The van der Waals surface area contributed by atoms with Gasteiger partial charge in [-0.2, -0.15) is 11.3 Å². The summed E-state index contributed by atoms with van der Waals surface area (Å²) in [6, 6.07) is 1.59. The maximum absolute atomic E-state index is 11.3. The summed E-state index contributed by atoms with van der Waals surface area (Å²) in [5.41, 5.74) is 0.795. The number of carbonyl (C=O) groups excluding carboxylic acids is 1. The molecule has 0 aromatic carbocycles. The molecule has 0 bridgehead atoms. The number of urea groups is 1. The molecule has 1 atom stereocenters. The molecule has 0 unspecified atom stereocenters. The molecule has 0 radical (unpaired) electrons. The van der Waals surface area contributed by atoms with E-state index in [9.17, 15) is 4.79 Å². The first-order valence-electron chi connectivity index (χ1n) is 4.43. The van der Waals surface area contributed by atoms with Gasteiger partial charge in [0.2, 0.25) is 0 Å². The highest BCUT2D eigenvalue weighted by Crippen LogP contribution is 2.11. The largest absolute Gasteiger partial charge is 0.396 e. The van der Waals surface area contributed by atoms with E-state index in [1.165, 1.54) is 11.3 Å². The van der Waals surface area contributed by atoms with Crippen LogP contribution in [0.3, 0.4) is 0 Å². The number of hydrogen-bond acceptors (Lipinski definition) is 3. The number of anilines is 1. The minimum atomic E-state index is -0.232. The Morgan fingerprint density at radius 1 is 1.71 bits per heavy atom. The second kappa shape index (κ2) is 5.62. The molecule has 0 aliphatic carbocycles. The summed E-state index contributed by atoms with van der Waals surface area (Å²) in [6.45, 7) is 1.93. The van der Waals surface area contributed by atoms with Crippen LogP contribution in [-0.2, 0) is 0 Å². The molecule has 0 saturated carbocycles. The number of carbonyl (C=O) groups is 1. The number of thiophene rings is 1. The molecule has 0 spiro atoms. The Labute approximate surface area is 87.0 Å². The second-order valence-corrected chi connectivity index (χ2v) is 3.80. The zero-order valence-electron chi connectivity index (χ0n) is 7.99. The molecule has 78 valence electrons. The molecular formula is C9H14N2O2S. The number of aliphatic hydroxyl groups excluding tert-OH is 1. The van der Waals surface area contributed by atoms with Crippen molar-refractivity contribution in [3.8, 4) is 0 Å². The molecule has 0 saturated heterocycles. The van der Waals surface area contributed by atoms with Gasteiger partial charge in [0, 0.05) is 18.0 Å². The number of hydrogen-bond donors (Lipinski definition) is 3. The molecule has 0 fully saturated rings. The van der Waals surface area contributed by atoms with E-state index >= 15 is 0 Å². The zero-order valence-corrected chi connectivity index (χ0v) is 8.80. The Kier molecular flexibility index (Phi) is 4.42. The monoisotopic (exact) mass is 214 g/mol. The molecule has 1 rings (SSSR count). The van der Waals surface area contributed by atoms with Gasteiger partial charge in [-0.15, -0.1) is 0 Å². The zero-order chi connectivity index (χ0) is 10.4. The molecule has 0 aliphatic heterocycles. The highest BCUT2D eigenvalue weighted by atomic mass is 32.1. The highest BCUT2D eigenvalue weighted by Gasteiger charge is 2.06. The van der Waals surface area contributed by atoms with Crippen molar-refractivity contribution in [1.82, 2.24) is 5.32 Å². The lowest BCUT2D eigenvalue weighted by molar-refractivity contribution is 0.241. The maximum Gasteiger partial charge on any atom is 0.319 e. The molecule has 14 heavy (non-hydrogen) atoms. The number of nitrogens with one attached hydrogen (secondary N) is 2. The Balaban J connectivity index is 2.29. The third-order valence-electron chi connectivity index (χ3n) is 1.72. The van der Waals surface area contributed by atoms with Gasteiger partial charge in [-0.1, -0.05) is 0 Å². The van der Waals surface area contributed by atoms with Crippen LogP contribution in [0.2, 0.25) is 0 Å². The fourth-order valence-corrected chi connectivity index (χ4v) is 1.58. The van der Waals surface area contributed by atoms with Gasteiger partial charge in [0.15, 0.2) is 0 Å². The van der Waals surface area contributed by atoms with Crippen molar-refractivity contribution in [1.29, 1.82) is 0 Å². The van der Waals surface area contributed by atoms with E-state index in [2.05, 4.69) is 10.6 Å². The number of amides is 2. The Morgan fingerprint density at radius 3 is 3.07 bits per heavy atom. The summed E-state index contributed by atoms with van der Waals surface area (Å²) in [6.07, 6.45) is 0.567. The second-order valence-electron chi connectivity index (χ2n) is 3.02. The van der Waals surface area contributed by atoms with Crippen LogP contribution in [-0.4, -0.2) is 23.8 Å². The molecule has 5 heteroatoms. The molecule has 1 heterocycles. The van der Waals surface area contributed by atoms with Crippen LogP contribution in [0.4, 0.5) is 10.5 Å². The number of rotatable bonds is 4. The first kappa shape index (κ1) is 11.0. The Hall–Kier alpha value is -1.07. The standard InChI is InChI=1S/C9H14N2O2S/c1-7(2-4-12)10-9(13)11-8-3-5-14-6-8/h3,5-7,12H,2,4H2,1H3,(H2,10,11,13)/t7-/m1/s1. The van der Waals surface area contributed by atoms with E-state index in [1.54, 1.807) is 0 Å². The van der Waals surface area contributed by atoms with E-state index in [4.69, 9.17) is 5.11 Å². The average Bonchev–Trinajstić information content (AvgIpc) is 2.56. The van der Waals surface area contributed by atoms with Gasteiger partial charge in [0.05, 0.1) is 5.69 Å². The van der Waals surface area contributed by atoms with Crippen LogP contribution in [0, 0.1) is 0 Å². The summed E-state index contributed by atoms with van der Waals surface area (Å²) >= 11 is 1.53. The molecule has 3 N–H and O–H groups in total. The first-order chi connectivity index (χ1) is 6.72. The van der Waals surface area contributed by atoms with Gasteiger partial charge in [-0.05, 0) is 24.8 Å². The smallest absolute Gasteiger partial charge is 0.319 e. The summed E-state index contributed by atoms with van der Waals surface area (Å²) in [5.74, 6) is 0. The van der Waals surface area contributed by atoms with Gasteiger partial charge in [0.1, 0.15) is 0 Å². The lowest BCUT2D eigenvalue weighted by Crippen LogP contribution is -2.36. The van der Waals surface area contributed by atoms with Gasteiger partial charge in [0.25, 0.3) is 0 Å². The fourth-order valence-electron chi connectivity index (χ4n) is 0.992. The van der Waals surface area contributed by atoms with Crippen LogP contribution in [0.25, 0.3) is 0 Å². The van der Waals surface area contributed by atoms with E-state index < -0.39 is 0 Å². The minimum absolute atomic E-state index is 0.0152. The van der Waals surface area contributed by atoms with Crippen molar-refractivity contribution >= 4 is 23.1 Å². The third-order valence-corrected chi connectivity index (χ3v) is 2.40. The molecule has 4 nitrogen and oxygen atoms in total. The van der Waals surface area contributed by atoms with Crippen molar-refractivity contribution in [3.63, 3.8) is 0 Å². The Bertz CT molecular complexity index is 274. The van der Waals surface area contributed by atoms with Crippen molar-refractivity contribution in [3.05, 3.63) is 16.8 Å². The average molecular weight is 214 g/mol. The predicted octanol–water partition coefficient (Wildman–Crippen LogP) is 1.64. The van der Waals surface area contributed by atoms with Crippen LogP contribution < -0.4 is 10.6 Å². The van der Waals surface area contributed by atoms with Crippen molar-refractivity contribution in [2.75, 3.05) is 11.9 Å². The lowest BCUT2D eigenvalue weighted by atomic mass is 10.2. The molecule has 0 aliphatic rings. The first-order valence-corrected chi connectivity index (χ1v) is 5.37. The molecule has 1 aromatic rings. The summed E-state index contributed by atoms with van der Waals surface area (Å²) < 4.78 is 0. The van der Waals surface area contributed by atoms with E-state index in [0.29, 0.717) is 6.42 Å². The topological polar surface area (TPSA) is 61.4 Å². The summed E-state index contributed by atoms with van der Waals surface area (Å²) in [5, 5.41) is 17.8. The van der Waals surface area contributed by atoms with Gasteiger partial charge < -0.3 is 15.7 Å². The molecular weight excluding hydrogens is 200 g/mol. The van der Waals surface area contributed by atoms with Crippen molar-refractivity contribution in [2.24, 2.45) is 0 Å². The van der Waals surface area contributed by atoms with Gasteiger partial charge in [-0.25, -0.2) is 4.79 Å². The van der Waals surface area contributed by atoms with E-state index in [0.717, 1.165) is 5.69 Å². The highest BCUT2D eigenvalue weighted by molar-refractivity contribution is 7.08. The minimum Gasteiger partial charge on any atom is -0.396 e. The van der Waals surface area contributed by atoms with Crippen LogP contribution >= 0.6 is 11.3 Å². The van der Waals surface area contributed by atoms with Crippen LogP contribution in [0.5, 0.6) is 0 Å². The number of aliphatic hydroxyl groups is 1. The van der Waals surface area contributed by atoms with Crippen LogP contribution in [0.1, 0.15) is 13.3 Å². The van der Waals surface area contributed by atoms with E-state index in [1.807, 2.05) is 23.8 Å². The van der Waals surface area contributed by atoms with Crippen LogP contribution in [0.15, 0.2) is 16.8 Å². The molecule has 2 amide bonds. The quantitative estimate of drug-likeness (QED) is 0.713. The van der Waals surface area contributed by atoms with Gasteiger partial charge in [-0.3, -0.25) is 0 Å². The predicted molar refractivity (Wildman–Crippen MR) is 57.6 cm³/mol. The van der Waals surface area contributed by atoms with E-state index in [-0.39, 0.29) is 18.7 Å². The van der Waals surface area contributed by atoms with Gasteiger partial charge >= 0.3 is 6.03 Å². The summed E-state index contributed by atoms with van der Waals surface area (Å²) in [7, 11) is 0. The third kappa shape index (κ3) is 3.76. The van der Waals surface area contributed by atoms with Crippen molar-refractivity contribution in [2.45, 2.75) is 19.4 Å². The molecule has 1 aromatic heterocycles.